The smallest absolute Gasteiger partial charge is 0.232 e. The highest BCUT2D eigenvalue weighted by atomic mass is 32.2. The van der Waals surface area contributed by atoms with Crippen molar-refractivity contribution in [1.29, 1.82) is 0 Å². The quantitative estimate of drug-likeness (QED) is 0.861. The van der Waals surface area contributed by atoms with Crippen LogP contribution >= 0.6 is 0 Å². The molecule has 1 aromatic rings. The number of hydrogen-bond acceptors (Lipinski definition) is 2. The number of hydrogen-bond donors (Lipinski definition) is 1. The molecule has 1 rings (SSSR count). The predicted octanol–water partition coefficient (Wildman–Crippen LogP) is 2.71. The van der Waals surface area contributed by atoms with Crippen molar-refractivity contribution in [1.82, 2.24) is 0 Å². The summed E-state index contributed by atoms with van der Waals surface area (Å²) in [4.78, 5) is 0. The van der Waals surface area contributed by atoms with Crippen molar-refractivity contribution in [3.8, 4) is 0 Å². The van der Waals surface area contributed by atoms with Gasteiger partial charge < -0.3 is 0 Å². The Morgan fingerprint density at radius 1 is 1.25 bits per heavy atom. The molecule has 0 amide bonds. The van der Waals surface area contributed by atoms with Crippen molar-refractivity contribution in [2.24, 2.45) is 0 Å². The molecule has 0 atom stereocenters. The Balaban J connectivity index is 2.96. The highest BCUT2D eigenvalue weighted by Gasteiger charge is 2.10. The van der Waals surface area contributed by atoms with Gasteiger partial charge in [-0.1, -0.05) is 26.0 Å². The first kappa shape index (κ1) is 13.0. The van der Waals surface area contributed by atoms with Crippen LogP contribution in [-0.2, 0) is 16.4 Å². The molecule has 0 heterocycles. The minimum atomic E-state index is -3.18. The molecule has 0 fully saturated rings. The Kier molecular flexibility index (Phi) is 4.35. The zero-order valence-electron chi connectivity index (χ0n) is 10.1. The van der Waals surface area contributed by atoms with Crippen LogP contribution in [0.15, 0.2) is 18.2 Å². The number of rotatable bonds is 5. The summed E-state index contributed by atoms with van der Waals surface area (Å²) in [6.45, 7) is 5.81. The number of sulfonamides is 1. The van der Waals surface area contributed by atoms with E-state index in [4.69, 9.17) is 0 Å². The van der Waals surface area contributed by atoms with Crippen molar-refractivity contribution in [3.63, 3.8) is 0 Å². The minimum absolute atomic E-state index is 0.169. The van der Waals surface area contributed by atoms with Gasteiger partial charge in [-0.15, -0.1) is 0 Å². The van der Waals surface area contributed by atoms with Gasteiger partial charge >= 0.3 is 0 Å². The van der Waals surface area contributed by atoms with E-state index in [1.165, 1.54) is 0 Å². The summed E-state index contributed by atoms with van der Waals surface area (Å²) in [7, 11) is -3.18. The molecule has 0 saturated heterocycles. The lowest BCUT2D eigenvalue weighted by molar-refractivity contribution is 0.600. The zero-order valence-corrected chi connectivity index (χ0v) is 10.9. The monoisotopic (exact) mass is 241 g/mol. The molecule has 0 spiro atoms. The molecule has 3 nitrogen and oxygen atoms in total. The SMILES string of the molecule is CCCS(=O)(=O)Nc1cc(CC)ccc1C. The van der Waals surface area contributed by atoms with Crippen LogP contribution in [-0.4, -0.2) is 14.2 Å². The molecule has 90 valence electrons. The first-order valence-corrected chi connectivity index (χ1v) is 7.23. The summed E-state index contributed by atoms with van der Waals surface area (Å²) >= 11 is 0. The van der Waals surface area contributed by atoms with Crippen LogP contribution in [0, 0.1) is 6.92 Å². The van der Waals surface area contributed by atoms with E-state index >= 15 is 0 Å². The lowest BCUT2D eigenvalue weighted by Gasteiger charge is -2.11. The highest BCUT2D eigenvalue weighted by molar-refractivity contribution is 7.92. The topological polar surface area (TPSA) is 46.2 Å². The fourth-order valence-electron chi connectivity index (χ4n) is 1.49. The molecule has 1 aromatic carbocycles. The van der Waals surface area contributed by atoms with E-state index in [1.807, 2.05) is 32.0 Å². The van der Waals surface area contributed by atoms with Crippen molar-refractivity contribution >= 4 is 15.7 Å². The second-order valence-corrected chi connectivity index (χ2v) is 5.77. The number of benzene rings is 1. The van der Waals surface area contributed by atoms with Crippen molar-refractivity contribution in [2.75, 3.05) is 10.5 Å². The van der Waals surface area contributed by atoms with Crippen LogP contribution in [0.2, 0.25) is 0 Å². The first-order valence-electron chi connectivity index (χ1n) is 5.58. The molecule has 0 aromatic heterocycles. The normalized spacial score (nSPS) is 11.4. The summed E-state index contributed by atoms with van der Waals surface area (Å²) in [6, 6.07) is 5.87. The molecular formula is C12H19NO2S. The van der Waals surface area contributed by atoms with E-state index in [-0.39, 0.29) is 5.75 Å². The first-order chi connectivity index (χ1) is 7.48. The Morgan fingerprint density at radius 2 is 1.94 bits per heavy atom. The molecule has 0 aliphatic heterocycles. The molecule has 0 aliphatic rings. The average molecular weight is 241 g/mol. The van der Waals surface area contributed by atoms with Gasteiger partial charge in [-0.2, -0.15) is 0 Å². The highest BCUT2D eigenvalue weighted by Crippen LogP contribution is 2.18. The van der Waals surface area contributed by atoms with E-state index in [2.05, 4.69) is 11.6 Å². The third-order valence-electron chi connectivity index (χ3n) is 2.45. The Hall–Kier alpha value is -1.03. The largest absolute Gasteiger partial charge is 0.283 e. The fourth-order valence-corrected chi connectivity index (χ4v) is 2.68. The van der Waals surface area contributed by atoms with Gasteiger partial charge in [-0.05, 0) is 37.0 Å². The minimum Gasteiger partial charge on any atom is -0.283 e. The molecule has 0 unspecified atom stereocenters. The van der Waals surface area contributed by atoms with Crippen LogP contribution in [0.1, 0.15) is 31.4 Å². The maximum atomic E-state index is 11.6. The van der Waals surface area contributed by atoms with Crippen LogP contribution in [0.5, 0.6) is 0 Å². The summed E-state index contributed by atoms with van der Waals surface area (Å²) in [6.07, 6.45) is 1.53. The van der Waals surface area contributed by atoms with E-state index in [0.717, 1.165) is 17.5 Å². The molecule has 16 heavy (non-hydrogen) atoms. The van der Waals surface area contributed by atoms with Crippen LogP contribution < -0.4 is 4.72 Å². The Bertz CT molecular complexity index is 452. The molecule has 0 saturated carbocycles. The number of aryl methyl sites for hydroxylation is 2. The van der Waals surface area contributed by atoms with Crippen LogP contribution in [0.3, 0.4) is 0 Å². The van der Waals surface area contributed by atoms with E-state index in [1.54, 1.807) is 0 Å². The maximum absolute atomic E-state index is 11.6. The molecule has 0 aliphatic carbocycles. The third kappa shape index (κ3) is 3.52. The van der Waals surface area contributed by atoms with Crippen molar-refractivity contribution < 1.29 is 8.42 Å². The van der Waals surface area contributed by atoms with Crippen LogP contribution in [0.25, 0.3) is 0 Å². The van der Waals surface area contributed by atoms with Gasteiger partial charge in [-0.3, -0.25) is 4.72 Å². The maximum Gasteiger partial charge on any atom is 0.232 e. The summed E-state index contributed by atoms with van der Waals surface area (Å²) in [5.41, 5.74) is 2.80. The average Bonchev–Trinajstić information content (AvgIpc) is 2.21. The molecule has 4 heteroatoms. The lowest BCUT2D eigenvalue weighted by atomic mass is 10.1. The lowest BCUT2D eigenvalue weighted by Crippen LogP contribution is -2.16. The van der Waals surface area contributed by atoms with Gasteiger partial charge in [0.2, 0.25) is 10.0 Å². The van der Waals surface area contributed by atoms with E-state index in [9.17, 15) is 8.42 Å². The van der Waals surface area contributed by atoms with Gasteiger partial charge in [0.15, 0.2) is 0 Å². The summed E-state index contributed by atoms with van der Waals surface area (Å²) in [5, 5.41) is 0. The molecule has 1 N–H and O–H groups in total. The second-order valence-electron chi connectivity index (χ2n) is 3.92. The molecule has 0 bridgehead atoms. The zero-order chi connectivity index (χ0) is 12.2. The van der Waals surface area contributed by atoms with Crippen molar-refractivity contribution in [2.45, 2.75) is 33.6 Å². The van der Waals surface area contributed by atoms with Gasteiger partial charge in [0.25, 0.3) is 0 Å². The van der Waals surface area contributed by atoms with Gasteiger partial charge in [0.05, 0.1) is 11.4 Å². The standard InChI is InChI=1S/C12H19NO2S/c1-4-8-16(14,15)13-12-9-11(5-2)7-6-10(12)3/h6-7,9,13H,4-5,8H2,1-3H3. The van der Waals surface area contributed by atoms with Gasteiger partial charge in [0.1, 0.15) is 0 Å². The predicted molar refractivity (Wildman–Crippen MR) is 68.3 cm³/mol. The van der Waals surface area contributed by atoms with E-state index in [0.29, 0.717) is 12.1 Å². The fraction of sp³-hybridized carbons (Fsp3) is 0.500. The molecule has 0 radical (unpaired) electrons. The third-order valence-corrected chi connectivity index (χ3v) is 3.93. The van der Waals surface area contributed by atoms with Crippen LogP contribution in [0.4, 0.5) is 5.69 Å². The summed E-state index contributed by atoms with van der Waals surface area (Å²) in [5.74, 6) is 0.169. The second kappa shape index (κ2) is 5.34. The number of nitrogens with one attached hydrogen (secondary N) is 1. The van der Waals surface area contributed by atoms with Gasteiger partial charge in [0, 0.05) is 0 Å². The molecular weight excluding hydrogens is 222 g/mol. The number of anilines is 1. The van der Waals surface area contributed by atoms with Crippen molar-refractivity contribution in [3.05, 3.63) is 29.3 Å². The summed E-state index contributed by atoms with van der Waals surface area (Å²) < 4.78 is 25.9. The Labute approximate surface area is 97.9 Å². The van der Waals surface area contributed by atoms with E-state index < -0.39 is 10.0 Å². The van der Waals surface area contributed by atoms with Gasteiger partial charge in [-0.25, -0.2) is 8.42 Å². The Morgan fingerprint density at radius 3 is 2.50 bits per heavy atom.